The Morgan fingerprint density at radius 2 is 2.12 bits per heavy atom. The molecule has 0 atom stereocenters. The van der Waals surface area contributed by atoms with Gasteiger partial charge in [-0.1, -0.05) is 0 Å². The molecule has 5 heteroatoms. The van der Waals surface area contributed by atoms with Gasteiger partial charge in [-0.25, -0.2) is 0 Å². The molecule has 1 aliphatic rings. The molecule has 0 spiro atoms. The van der Waals surface area contributed by atoms with Gasteiger partial charge in [0.2, 0.25) is 0 Å². The number of ether oxygens (including phenoxy) is 2. The average Bonchev–Trinajstić information content (AvgIpc) is 2.32. The number of rotatable bonds is 3. The number of halogens is 1. The zero-order chi connectivity index (χ0) is 11.4. The molecule has 1 saturated heterocycles. The van der Waals surface area contributed by atoms with Crippen LogP contribution in [-0.4, -0.2) is 24.1 Å². The van der Waals surface area contributed by atoms with Crippen molar-refractivity contribution in [1.29, 1.82) is 0 Å². The number of nitrogens with zero attached hydrogens (tertiary/aromatic N) is 1. The third-order valence-corrected chi connectivity index (χ3v) is 2.92. The van der Waals surface area contributed by atoms with Crippen LogP contribution in [0.5, 0.6) is 0 Å². The maximum absolute atomic E-state index is 11.5. The van der Waals surface area contributed by atoms with E-state index in [0.717, 1.165) is 24.1 Å². The van der Waals surface area contributed by atoms with Crippen LogP contribution in [-0.2, 0) is 16.0 Å². The summed E-state index contributed by atoms with van der Waals surface area (Å²) in [6.07, 6.45) is 3.27. The van der Waals surface area contributed by atoms with Gasteiger partial charge in [-0.05, 0) is 28.4 Å². The minimum absolute atomic E-state index is 0.000917. The van der Waals surface area contributed by atoms with Gasteiger partial charge in [0.25, 0.3) is 5.56 Å². The minimum Gasteiger partial charge on any atom is -0.353 e. The van der Waals surface area contributed by atoms with Crippen LogP contribution < -0.4 is 5.56 Å². The zero-order valence-electron chi connectivity index (χ0n) is 8.89. The van der Waals surface area contributed by atoms with Crippen LogP contribution in [0.3, 0.4) is 0 Å². The van der Waals surface area contributed by atoms with Crippen molar-refractivity contribution in [2.45, 2.75) is 25.7 Å². The quantitative estimate of drug-likeness (QED) is 0.851. The molecule has 1 aliphatic heterocycles. The van der Waals surface area contributed by atoms with E-state index in [1.807, 2.05) is 0 Å². The molecule has 0 unspecified atom stereocenters. The van der Waals surface area contributed by atoms with Crippen LogP contribution >= 0.6 is 15.9 Å². The van der Waals surface area contributed by atoms with Gasteiger partial charge in [0.15, 0.2) is 6.29 Å². The Hall–Kier alpha value is -0.650. The first-order chi connectivity index (χ1) is 7.75. The number of aryl methyl sites for hydroxylation is 1. The lowest BCUT2D eigenvalue weighted by Crippen LogP contribution is -2.28. The van der Waals surface area contributed by atoms with Crippen LogP contribution in [0.2, 0.25) is 0 Å². The summed E-state index contributed by atoms with van der Waals surface area (Å²) in [5.74, 6) is 0. The number of hydrogen-bond acceptors (Lipinski definition) is 3. The fraction of sp³-hybridized carbons (Fsp3) is 0.545. The lowest BCUT2D eigenvalue weighted by atomic mass is 10.3. The Bertz CT molecular complexity index is 398. The highest BCUT2D eigenvalue weighted by molar-refractivity contribution is 9.10. The van der Waals surface area contributed by atoms with Crippen LogP contribution in [0.15, 0.2) is 27.6 Å². The van der Waals surface area contributed by atoms with Crippen molar-refractivity contribution in [3.8, 4) is 0 Å². The molecular formula is C11H14BrNO3. The molecule has 1 aromatic rings. The Balaban J connectivity index is 1.93. The monoisotopic (exact) mass is 287 g/mol. The molecule has 0 saturated carbocycles. The first-order valence-corrected chi connectivity index (χ1v) is 6.14. The smallest absolute Gasteiger partial charge is 0.250 e. The van der Waals surface area contributed by atoms with Gasteiger partial charge >= 0.3 is 0 Å². The molecule has 4 nitrogen and oxygen atoms in total. The van der Waals surface area contributed by atoms with E-state index >= 15 is 0 Å². The van der Waals surface area contributed by atoms with Crippen LogP contribution in [0, 0.1) is 0 Å². The molecule has 0 bridgehead atoms. The van der Waals surface area contributed by atoms with Gasteiger partial charge in [-0.3, -0.25) is 4.79 Å². The summed E-state index contributed by atoms with van der Waals surface area (Å²) in [5, 5.41) is 0. The fourth-order valence-corrected chi connectivity index (χ4v) is 2.00. The van der Waals surface area contributed by atoms with Gasteiger partial charge in [0.05, 0.1) is 13.2 Å². The summed E-state index contributed by atoms with van der Waals surface area (Å²) < 4.78 is 13.4. The third-order valence-electron chi connectivity index (χ3n) is 2.45. The SMILES string of the molecule is O=c1ccc(Br)cn1CCC1OCCCO1. The summed E-state index contributed by atoms with van der Waals surface area (Å²) in [7, 11) is 0. The van der Waals surface area contributed by atoms with Gasteiger partial charge in [-0.2, -0.15) is 0 Å². The first kappa shape index (κ1) is 11.8. The van der Waals surface area contributed by atoms with Crippen molar-refractivity contribution >= 4 is 15.9 Å². The van der Waals surface area contributed by atoms with Crippen molar-refractivity contribution in [3.05, 3.63) is 33.2 Å². The van der Waals surface area contributed by atoms with Crippen molar-refractivity contribution < 1.29 is 9.47 Å². The predicted octanol–water partition coefficient (Wildman–Crippen LogP) is 1.76. The van der Waals surface area contributed by atoms with Gasteiger partial charge in [0.1, 0.15) is 0 Å². The molecule has 2 heterocycles. The summed E-state index contributed by atoms with van der Waals surface area (Å²) in [6.45, 7) is 2.11. The molecule has 1 fully saturated rings. The molecule has 1 aromatic heterocycles. The van der Waals surface area contributed by atoms with E-state index in [9.17, 15) is 4.79 Å². The van der Waals surface area contributed by atoms with E-state index < -0.39 is 0 Å². The largest absolute Gasteiger partial charge is 0.353 e. The molecular weight excluding hydrogens is 274 g/mol. The van der Waals surface area contributed by atoms with Crippen LogP contribution in [0.4, 0.5) is 0 Å². The molecule has 0 aliphatic carbocycles. The maximum Gasteiger partial charge on any atom is 0.250 e. The van der Waals surface area contributed by atoms with Gasteiger partial charge in [0, 0.05) is 29.7 Å². The summed E-state index contributed by atoms with van der Waals surface area (Å²) in [6, 6.07) is 3.29. The van der Waals surface area contributed by atoms with Crippen LogP contribution in [0.25, 0.3) is 0 Å². The second-order valence-electron chi connectivity index (χ2n) is 3.69. The van der Waals surface area contributed by atoms with Gasteiger partial charge in [-0.15, -0.1) is 0 Å². The number of aromatic nitrogens is 1. The van der Waals surface area contributed by atoms with E-state index in [0.29, 0.717) is 13.0 Å². The van der Waals surface area contributed by atoms with Crippen LogP contribution in [0.1, 0.15) is 12.8 Å². The van der Waals surface area contributed by atoms with E-state index in [-0.39, 0.29) is 11.8 Å². The van der Waals surface area contributed by atoms with E-state index in [1.54, 1.807) is 22.9 Å². The highest BCUT2D eigenvalue weighted by Gasteiger charge is 2.13. The Morgan fingerprint density at radius 3 is 2.88 bits per heavy atom. The molecule has 88 valence electrons. The number of hydrogen-bond donors (Lipinski definition) is 0. The lowest BCUT2D eigenvalue weighted by molar-refractivity contribution is -0.182. The summed E-state index contributed by atoms with van der Waals surface area (Å²) in [4.78, 5) is 11.5. The Morgan fingerprint density at radius 1 is 1.38 bits per heavy atom. The highest BCUT2D eigenvalue weighted by atomic mass is 79.9. The molecule has 16 heavy (non-hydrogen) atoms. The Labute approximate surface area is 102 Å². The average molecular weight is 288 g/mol. The second kappa shape index (κ2) is 5.61. The predicted molar refractivity (Wildman–Crippen MR) is 63.3 cm³/mol. The fourth-order valence-electron chi connectivity index (χ4n) is 1.62. The van der Waals surface area contributed by atoms with E-state index in [4.69, 9.17) is 9.47 Å². The van der Waals surface area contributed by atoms with Crippen molar-refractivity contribution in [3.63, 3.8) is 0 Å². The second-order valence-corrected chi connectivity index (χ2v) is 4.61. The van der Waals surface area contributed by atoms with Gasteiger partial charge < -0.3 is 14.0 Å². The number of pyridine rings is 1. The van der Waals surface area contributed by atoms with Crippen molar-refractivity contribution in [2.24, 2.45) is 0 Å². The minimum atomic E-state index is -0.167. The first-order valence-electron chi connectivity index (χ1n) is 5.35. The lowest BCUT2D eigenvalue weighted by Gasteiger charge is -2.23. The Kier molecular flexibility index (Phi) is 4.15. The molecule has 2 rings (SSSR count). The van der Waals surface area contributed by atoms with Crippen molar-refractivity contribution in [2.75, 3.05) is 13.2 Å². The molecule has 0 radical (unpaired) electrons. The highest BCUT2D eigenvalue weighted by Crippen LogP contribution is 2.10. The van der Waals surface area contributed by atoms with E-state index in [1.165, 1.54) is 0 Å². The van der Waals surface area contributed by atoms with E-state index in [2.05, 4.69) is 15.9 Å². The summed E-state index contributed by atoms with van der Waals surface area (Å²) in [5.41, 5.74) is -0.000917. The maximum atomic E-state index is 11.5. The standard InChI is InChI=1S/C11H14BrNO3/c12-9-2-3-10(14)13(8-9)5-4-11-15-6-1-7-16-11/h2-3,8,11H,1,4-7H2. The third kappa shape index (κ3) is 3.17. The summed E-state index contributed by atoms with van der Waals surface area (Å²) >= 11 is 3.34. The molecule has 0 N–H and O–H groups in total. The topological polar surface area (TPSA) is 40.5 Å². The van der Waals surface area contributed by atoms with Crippen molar-refractivity contribution in [1.82, 2.24) is 4.57 Å². The normalized spacial score (nSPS) is 17.6. The zero-order valence-corrected chi connectivity index (χ0v) is 10.5. The molecule has 0 aromatic carbocycles. The molecule has 0 amide bonds.